The summed E-state index contributed by atoms with van der Waals surface area (Å²) >= 11 is 15.2. The molecule has 17 heavy (non-hydrogen) atoms. The number of nitrogens with one attached hydrogen (secondary N) is 1. The number of benzene rings is 1. The Bertz CT molecular complexity index is 534. The topological polar surface area (TPSA) is 37.8 Å². The lowest BCUT2D eigenvalue weighted by Crippen LogP contribution is -2.03. The maximum absolute atomic E-state index is 6.05. The second-order valence-corrected chi connectivity index (χ2v) is 4.83. The molecule has 0 unspecified atom stereocenters. The highest BCUT2D eigenvalue weighted by molar-refractivity contribution is 9.10. The summed E-state index contributed by atoms with van der Waals surface area (Å²) < 4.78 is 0.647. The molecule has 0 aliphatic carbocycles. The van der Waals surface area contributed by atoms with Crippen molar-refractivity contribution in [3.05, 3.63) is 50.8 Å². The predicted molar refractivity (Wildman–Crippen MR) is 73.5 cm³/mol. The molecule has 1 heterocycles. The standard InChI is InChI=1S/C11H8BrCl2N3/c12-9-10(14)16-6-17-11(9)15-5-7-3-1-2-4-8(7)13/h1-4,6H,5H2,(H,15,16,17). The van der Waals surface area contributed by atoms with E-state index in [9.17, 15) is 0 Å². The molecular weight excluding hydrogens is 325 g/mol. The van der Waals surface area contributed by atoms with E-state index < -0.39 is 0 Å². The van der Waals surface area contributed by atoms with Gasteiger partial charge in [0.05, 0.1) is 4.47 Å². The summed E-state index contributed by atoms with van der Waals surface area (Å²) in [6.45, 7) is 0.575. The molecule has 2 aromatic rings. The molecular formula is C11H8BrCl2N3. The Morgan fingerprint density at radius 3 is 2.71 bits per heavy atom. The van der Waals surface area contributed by atoms with Gasteiger partial charge in [0.25, 0.3) is 0 Å². The fourth-order valence-electron chi connectivity index (χ4n) is 1.29. The zero-order valence-electron chi connectivity index (χ0n) is 8.62. The van der Waals surface area contributed by atoms with E-state index in [0.717, 1.165) is 10.6 Å². The van der Waals surface area contributed by atoms with Crippen molar-refractivity contribution in [1.29, 1.82) is 0 Å². The molecule has 1 aromatic carbocycles. The van der Waals surface area contributed by atoms with Crippen LogP contribution >= 0.6 is 39.1 Å². The SMILES string of the molecule is Clc1ccccc1CNc1ncnc(Cl)c1Br. The van der Waals surface area contributed by atoms with Crippen molar-refractivity contribution in [2.45, 2.75) is 6.54 Å². The molecule has 0 aliphatic heterocycles. The molecule has 0 aliphatic rings. The molecule has 2 rings (SSSR count). The largest absolute Gasteiger partial charge is 0.365 e. The average molecular weight is 333 g/mol. The van der Waals surface area contributed by atoms with E-state index in [1.54, 1.807) is 0 Å². The zero-order valence-corrected chi connectivity index (χ0v) is 11.7. The van der Waals surface area contributed by atoms with E-state index in [1.165, 1.54) is 6.33 Å². The van der Waals surface area contributed by atoms with Crippen LogP contribution in [0.2, 0.25) is 10.2 Å². The first-order chi connectivity index (χ1) is 8.18. The fraction of sp³-hybridized carbons (Fsp3) is 0.0909. The van der Waals surface area contributed by atoms with Gasteiger partial charge in [0.1, 0.15) is 17.3 Å². The minimum atomic E-state index is 0.377. The zero-order chi connectivity index (χ0) is 12.3. The molecule has 0 fully saturated rings. The van der Waals surface area contributed by atoms with Gasteiger partial charge in [-0.25, -0.2) is 9.97 Å². The number of halogens is 3. The second kappa shape index (κ2) is 5.67. The van der Waals surface area contributed by atoms with Crippen molar-refractivity contribution in [3.8, 4) is 0 Å². The highest BCUT2D eigenvalue weighted by Crippen LogP contribution is 2.26. The summed E-state index contributed by atoms with van der Waals surface area (Å²) in [6.07, 6.45) is 1.40. The molecule has 0 spiro atoms. The molecule has 3 nitrogen and oxygen atoms in total. The van der Waals surface area contributed by atoms with Gasteiger partial charge in [-0.3, -0.25) is 0 Å². The van der Waals surface area contributed by atoms with Crippen molar-refractivity contribution in [2.75, 3.05) is 5.32 Å². The van der Waals surface area contributed by atoms with Gasteiger partial charge >= 0.3 is 0 Å². The molecule has 0 saturated carbocycles. The highest BCUT2D eigenvalue weighted by Gasteiger charge is 2.06. The van der Waals surface area contributed by atoms with Gasteiger partial charge in [-0.15, -0.1) is 0 Å². The predicted octanol–water partition coefficient (Wildman–Crippen LogP) is 4.16. The van der Waals surface area contributed by atoms with E-state index in [-0.39, 0.29) is 0 Å². The van der Waals surface area contributed by atoms with Crippen molar-refractivity contribution < 1.29 is 0 Å². The van der Waals surface area contributed by atoms with Gasteiger partial charge in [0.15, 0.2) is 0 Å². The Morgan fingerprint density at radius 1 is 1.18 bits per heavy atom. The molecule has 0 saturated heterocycles. The van der Waals surface area contributed by atoms with Crippen LogP contribution in [0.25, 0.3) is 0 Å². The van der Waals surface area contributed by atoms with Crippen LogP contribution in [0.5, 0.6) is 0 Å². The van der Waals surface area contributed by atoms with E-state index >= 15 is 0 Å². The first-order valence-corrected chi connectivity index (χ1v) is 6.36. The Morgan fingerprint density at radius 2 is 1.94 bits per heavy atom. The van der Waals surface area contributed by atoms with E-state index in [1.807, 2.05) is 24.3 Å². The summed E-state index contributed by atoms with van der Waals surface area (Å²) in [5.74, 6) is 0.643. The molecule has 0 bridgehead atoms. The third-order valence-corrected chi connectivity index (χ3v) is 3.79. The van der Waals surface area contributed by atoms with Gasteiger partial charge in [-0.2, -0.15) is 0 Å². The van der Waals surface area contributed by atoms with Crippen LogP contribution in [0.4, 0.5) is 5.82 Å². The molecule has 0 atom stereocenters. The summed E-state index contributed by atoms with van der Waals surface area (Å²) in [5, 5.41) is 4.24. The smallest absolute Gasteiger partial charge is 0.148 e. The summed E-state index contributed by atoms with van der Waals surface area (Å²) in [6, 6.07) is 7.63. The number of aromatic nitrogens is 2. The van der Waals surface area contributed by atoms with Crippen molar-refractivity contribution in [2.24, 2.45) is 0 Å². The van der Waals surface area contributed by atoms with Gasteiger partial charge < -0.3 is 5.32 Å². The lowest BCUT2D eigenvalue weighted by Gasteiger charge is -2.08. The molecule has 1 N–H and O–H groups in total. The maximum Gasteiger partial charge on any atom is 0.148 e. The third kappa shape index (κ3) is 3.09. The van der Waals surface area contributed by atoms with Crippen molar-refractivity contribution in [3.63, 3.8) is 0 Å². The van der Waals surface area contributed by atoms with E-state index in [2.05, 4.69) is 31.2 Å². The second-order valence-electron chi connectivity index (χ2n) is 3.27. The van der Waals surface area contributed by atoms with Crippen LogP contribution in [-0.2, 0) is 6.54 Å². The van der Waals surface area contributed by atoms with Gasteiger partial charge in [-0.1, -0.05) is 41.4 Å². The van der Waals surface area contributed by atoms with Crippen LogP contribution < -0.4 is 5.32 Å². The van der Waals surface area contributed by atoms with Crippen molar-refractivity contribution in [1.82, 2.24) is 9.97 Å². The van der Waals surface area contributed by atoms with Crippen LogP contribution in [0.1, 0.15) is 5.56 Å². The summed E-state index contributed by atoms with van der Waals surface area (Å²) in [5.41, 5.74) is 0.996. The van der Waals surface area contributed by atoms with Gasteiger partial charge in [0.2, 0.25) is 0 Å². The number of hydrogen-bond donors (Lipinski definition) is 1. The maximum atomic E-state index is 6.05. The molecule has 88 valence electrons. The minimum absolute atomic E-state index is 0.377. The average Bonchev–Trinajstić information content (AvgIpc) is 2.33. The van der Waals surface area contributed by atoms with Crippen LogP contribution in [0, 0.1) is 0 Å². The Hall–Kier alpha value is -0.840. The monoisotopic (exact) mass is 331 g/mol. The molecule has 6 heteroatoms. The quantitative estimate of drug-likeness (QED) is 0.858. The number of nitrogens with zero attached hydrogens (tertiary/aromatic N) is 2. The van der Waals surface area contributed by atoms with Gasteiger partial charge in [0, 0.05) is 11.6 Å². The summed E-state index contributed by atoms with van der Waals surface area (Å²) in [4.78, 5) is 7.94. The van der Waals surface area contributed by atoms with Crippen LogP contribution in [0.3, 0.4) is 0 Å². The Labute approximate surface area is 117 Å². The molecule has 1 aromatic heterocycles. The van der Waals surface area contributed by atoms with E-state index in [4.69, 9.17) is 23.2 Å². The van der Waals surface area contributed by atoms with E-state index in [0.29, 0.717) is 22.0 Å². The summed E-state index contributed by atoms with van der Waals surface area (Å²) in [7, 11) is 0. The van der Waals surface area contributed by atoms with Crippen LogP contribution in [-0.4, -0.2) is 9.97 Å². The fourth-order valence-corrected chi connectivity index (χ4v) is 1.97. The van der Waals surface area contributed by atoms with Crippen molar-refractivity contribution >= 4 is 44.9 Å². The number of anilines is 1. The lowest BCUT2D eigenvalue weighted by molar-refractivity contribution is 1.07. The first-order valence-electron chi connectivity index (χ1n) is 4.82. The van der Waals surface area contributed by atoms with Gasteiger partial charge in [-0.05, 0) is 27.6 Å². The minimum Gasteiger partial charge on any atom is -0.365 e. The molecule has 0 radical (unpaired) electrons. The van der Waals surface area contributed by atoms with Crippen LogP contribution in [0.15, 0.2) is 35.1 Å². The third-order valence-electron chi connectivity index (χ3n) is 2.15. The number of hydrogen-bond acceptors (Lipinski definition) is 3. The number of rotatable bonds is 3. The first kappa shape index (κ1) is 12.6. The molecule has 0 amide bonds. The highest BCUT2D eigenvalue weighted by atomic mass is 79.9. The lowest BCUT2D eigenvalue weighted by atomic mass is 10.2. The Kier molecular flexibility index (Phi) is 4.20. The Balaban J connectivity index is 2.13. The normalized spacial score (nSPS) is 10.3.